The first kappa shape index (κ1) is 24.2. The second-order valence-corrected chi connectivity index (χ2v) is 8.83. The molecular formula is C29H32O4. The van der Waals surface area contributed by atoms with Crippen molar-refractivity contribution in [3.8, 4) is 11.5 Å². The lowest BCUT2D eigenvalue weighted by molar-refractivity contribution is -0.132. The molecule has 1 atom stereocenters. The molecule has 0 radical (unpaired) electrons. The van der Waals surface area contributed by atoms with E-state index in [2.05, 4.69) is 55.5 Å². The van der Waals surface area contributed by atoms with E-state index in [1.807, 2.05) is 33.8 Å². The molecule has 0 saturated heterocycles. The minimum absolute atomic E-state index is 0.0555. The van der Waals surface area contributed by atoms with E-state index in [0.717, 1.165) is 33.4 Å². The average Bonchev–Trinajstić information content (AvgIpc) is 2.74. The topological polar surface area (TPSA) is 52.6 Å². The van der Waals surface area contributed by atoms with Crippen LogP contribution in [-0.2, 0) is 9.59 Å². The Balaban J connectivity index is 2.18. The van der Waals surface area contributed by atoms with E-state index in [4.69, 9.17) is 9.47 Å². The summed E-state index contributed by atoms with van der Waals surface area (Å²) in [6.45, 7) is 13.0. The number of carbonyl (C=O) groups excluding carboxylic acids is 2. The molecule has 0 bridgehead atoms. The molecule has 0 aromatic heterocycles. The van der Waals surface area contributed by atoms with Gasteiger partial charge in [0.1, 0.15) is 11.5 Å². The molecule has 0 heterocycles. The minimum Gasteiger partial charge on any atom is -0.426 e. The third kappa shape index (κ3) is 5.51. The van der Waals surface area contributed by atoms with Gasteiger partial charge < -0.3 is 9.47 Å². The van der Waals surface area contributed by atoms with Gasteiger partial charge in [0.05, 0.1) is 0 Å². The van der Waals surface area contributed by atoms with Crippen LogP contribution in [0.5, 0.6) is 11.5 Å². The highest BCUT2D eigenvalue weighted by Gasteiger charge is 2.26. The van der Waals surface area contributed by atoms with Gasteiger partial charge in [-0.15, -0.1) is 0 Å². The Labute approximate surface area is 196 Å². The van der Waals surface area contributed by atoms with Crippen LogP contribution in [0.1, 0.15) is 71.6 Å². The molecule has 0 amide bonds. The number of benzene rings is 3. The second kappa shape index (κ2) is 10.0. The van der Waals surface area contributed by atoms with Gasteiger partial charge in [-0.3, -0.25) is 9.59 Å². The smallest absolute Gasteiger partial charge is 0.308 e. The summed E-state index contributed by atoms with van der Waals surface area (Å²) in [7, 11) is 0. The van der Waals surface area contributed by atoms with Crippen molar-refractivity contribution < 1.29 is 19.1 Å². The minimum atomic E-state index is -0.324. The highest BCUT2D eigenvalue weighted by Crippen LogP contribution is 2.42. The molecule has 0 fully saturated rings. The molecular weight excluding hydrogens is 412 g/mol. The number of hydrogen-bond donors (Lipinski definition) is 0. The maximum atomic E-state index is 11.6. The van der Waals surface area contributed by atoms with Crippen LogP contribution in [0.15, 0.2) is 54.6 Å². The van der Waals surface area contributed by atoms with E-state index in [-0.39, 0.29) is 23.8 Å². The number of aryl methyl sites for hydroxylation is 4. The van der Waals surface area contributed by atoms with Crippen LogP contribution in [0.25, 0.3) is 0 Å². The molecule has 172 valence electrons. The SMILES string of the molecule is CC(=O)Oc1c(C)cc(C(c2cc(C)c(OC(C)=O)c(C)c2)C(C)c2ccccc2)cc1C. The van der Waals surface area contributed by atoms with E-state index >= 15 is 0 Å². The maximum absolute atomic E-state index is 11.6. The second-order valence-electron chi connectivity index (χ2n) is 8.83. The Morgan fingerprint density at radius 3 is 1.33 bits per heavy atom. The molecule has 3 rings (SSSR count). The monoisotopic (exact) mass is 444 g/mol. The normalized spacial score (nSPS) is 11.9. The van der Waals surface area contributed by atoms with E-state index < -0.39 is 0 Å². The lowest BCUT2D eigenvalue weighted by Gasteiger charge is -2.28. The van der Waals surface area contributed by atoms with Gasteiger partial charge in [0.25, 0.3) is 0 Å². The van der Waals surface area contributed by atoms with E-state index in [1.54, 1.807) is 0 Å². The largest absolute Gasteiger partial charge is 0.426 e. The zero-order valence-electron chi connectivity index (χ0n) is 20.5. The van der Waals surface area contributed by atoms with Gasteiger partial charge in [0.15, 0.2) is 0 Å². The van der Waals surface area contributed by atoms with Crippen molar-refractivity contribution in [1.29, 1.82) is 0 Å². The summed E-state index contributed by atoms with van der Waals surface area (Å²) in [6.07, 6.45) is 0. The molecule has 0 aliphatic heterocycles. The molecule has 4 nitrogen and oxygen atoms in total. The van der Waals surface area contributed by atoms with Crippen LogP contribution in [-0.4, -0.2) is 11.9 Å². The fourth-order valence-corrected chi connectivity index (χ4v) is 4.65. The third-order valence-electron chi connectivity index (χ3n) is 6.00. The average molecular weight is 445 g/mol. The Bertz CT molecular complexity index is 1060. The molecule has 4 heteroatoms. The molecule has 0 N–H and O–H groups in total. The van der Waals surface area contributed by atoms with Crippen LogP contribution in [0.3, 0.4) is 0 Å². The highest BCUT2D eigenvalue weighted by atomic mass is 16.5. The molecule has 3 aromatic carbocycles. The number of esters is 2. The van der Waals surface area contributed by atoms with Crippen molar-refractivity contribution in [2.75, 3.05) is 0 Å². The lowest BCUT2D eigenvalue weighted by Crippen LogP contribution is -2.13. The summed E-state index contributed by atoms with van der Waals surface area (Å²) in [5, 5.41) is 0. The van der Waals surface area contributed by atoms with Crippen molar-refractivity contribution in [3.63, 3.8) is 0 Å². The van der Waals surface area contributed by atoms with Gasteiger partial charge in [0, 0.05) is 19.8 Å². The van der Waals surface area contributed by atoms with Gasteiger partial charge in [-0.05, 0) is 72.6 Å². The van der Waals surface area contributed by atoms with Gasteiger partial charge >= 0.3 is 11.9 Å². The number of ether oxygens (including phenoxy) is 2. The van der Waals surface area contributed by atoms with Crippen LogP contribution in [0.2, 0.25) is 0 Å². The maximum Gasteiger partial charge on any atom is 0.308 e. The molecule has 33 heavy (non-hydrogen) atoms. The number of rotatable bonds is 6. The molecule has 0 aliphatic rings. The van der Waals surface area contributed by atoms with Gasteiger partial charge in [0.2, 0.25) is 0 Å². The Morgan fingerprint density at radius 1 is 0.636 bits per heavy atom. The summed E-state index contributed by atoms with van der Waals surface area (Å²) >= 11 is 0. The quantitative estimate of drug-likeness (QED) is 0.313. The fourth-order valence-electron chi connectivity index (χ4n) is 4.65. The Hall–Kier alpha value is -3.40. The van der Waals surface area contributed by atoms with Crippen molar-refractivity contribution in [1.82, 2.24) is 0 Å². The predicted molar refractivity (Wildman–Crippen MR) is 131 cm³/mol. The van der Waals surface area contributed by atoms with Crippen LogP contribution < -0.4 is 9.47 Å². The molecule has 3 aromatic rings. The lowest BCUT2D eigenvalue weighted by atomic mass is 9.76. The molecule has 0 aliphatic carbocycles. The van der Waals surface area contributed by atoms with Crippen molar-refractivity contribution in [2.24, 2.45) is 0 Å². The predicted octanol–water partition coefficient (Wildman–Crippen LogP) is 6.71. The first-order valence-electron chi connectivity index (χ1n) is 11.2. The van der Waals surface area contributed by atoms with E-state index in [1.165, 1.54) is 19.4 Å². The van der Waals surface area contributed by atoms with Crippen LogP contribution >= 0.6 is 0 Å². The number of hydrogen-bond acceptors (Lipinski definition) is 4. The standard InChI is InChI=1S/C29H32O4/c1-17-13-25(14-18(2)28(17)32-22(6)30)27(21(5)24-11-9-8-10-12-24)26-15-19(3)29(20(4)16-26)33-23(7)31/h8-16,21,27H,1-7H3. The van der Waals surface area contributed by atoms with Crippen LogP contribution in [0, 0.1) is 27.7 Å². The first-order chi connectivity index (χ1) is 15.6. The van der Waals surface area contributed by atoms with Crippen molar-refractivity contribution in [3.05, 3.63) is 93.5 Å². The first-order valence-corrected chi connectivity index (χ1v) is 11.2. The molecule has 1 unspecified atom stereocenters. The molecule has 0 saturated carbocycles. The Kier molecular flexibility index (Phi) is 7.37. The van der Waals surface area contributed by atoms with Gasteiger partial charge in [-0.2, -0.15) is 0 Å². The van der Waals surface area contributed by atoms with E-state index in [9.17, 15) is 9.59 Å². The van der Waals surface area contributed by atoms with Gasteiger partial charge in [-0.1, -0.05) is 61.5 Å². The summed E-state index contributed by atoms with van der Waals surface area (Å²) in [4.78, 5) is 23.2. The summed E-state index contributed by atoms with van der Waals surface area (Å²) in [6, 6.07) is 18.9. The summed E-state index contributed by atoms with van der Waals surface area (Å²) < 4.78 is 10.9. The Morgan fingerprint density at radius 2 is 1.00 bits per heavy atom. The number of carbonyl (C=O) groups is 2. The zero-order valence-corrected chi connectivity index (χ0v) is 20.5. The fraction of sp³-hybridized carbons (Fsp3) is 0.310. The van der Waals surface area contributed by atoms with Crippen molar-refractivity contribution >= 4 is 11.9 Å². The summed E-state index contributed by atoms with van der Waals surface area (Å²) in [5.74, 6) is 0.832. The summed E-state index contributed by atoms with van der Waals surface area (Å²) in [5.41, 5.74) is 7.24. The van der Waals surface area contributed by atoms with Crippen molar-refractivity contribution in [2.45, 2.75) is 60.3 Å². The van der Waals surface area contributed by atoms with Gasteiger partial charge in [-0.25, -0.2) is 0 Å². The highest BCUT2D eigenvalue weighted by molar-refractivity contribution is 5.71. The zero-order chi connectivity index (χ0) is 24.3. The van der Waals surface area contributed by atoms with Crippen LogP contribution in [0.4, 0.5) is 0 Å². The third-order valence-corrected chi connectivity index (χ3v) is 6.00. The molecule has 0 spiro atoms. The van der Waals surface area contributed by atoms with E-state index in [0.29, 0.717) is 11.5 Å².